The van der Waals surface area contributed by atoms with Gasteiger partial charge in [-0.25, -0.2) is 9.13 Å². The Morgan fingerprint density at radius 3 is 2.19 bits per heavy atom. The first kappa shape index (κ1) is 20.7. The largest absolute Gasteiger partial charge is 0.481 e. The van der Waals surface area contributed by atoms with Crippen molar-refractivity contribution in [3.63, 3.8) is 0 Å². The highest BCUT2D eigenvalue weighted by Crippen LogP contribution is 2.57. The molecule has 0 aromatic rings. The van der Waals surface area contributed by atoms with Crippen LogP contribution in [0.4, 0.5) is 0 Å². The monoisotopic (exact) mass is 342 g/mol. The summed E-state index contributed by atoms with van der Waals surface area (Å²) in [6.45, 7) is 5.84. The van der Waals surface area contributed by atoms with Crippen LogP contribution in [-0.4, -0.2) is 21.3 Å². The van der Waals surface area contributed by atoms with Crippen LogP contribution in [0.5, 0.6) is 0 Å². The molecule has 0 heterocycles. The standard InChI is InChI=1S/C12H24O7P2/c1-4-11(3)7-6-8-12(5-2)9-10-18-21(16,17)19-20(13,14)15/h7,9H,4-6,8,10H2,1-3H3,(H,16,17)(H2,13,14,15)/b11-7-,12-9+. The number of phosphoric acid groups is 2. The Labute approximate surface area is 125 Å². The van der Waals surface area contributed by atoms with E-state index >= 15 is 0 Å². The zero-order valence-corrected chi connectivity index (χ0v) is 14.3. The predicted octanol–water partition coefficient (Wildman–Crippen LogP) is 3.69. The second-order valence-electron chi connectivity index (χ2n) is 4.50. The summed E-state index contributed by atoms with van der Waals surface area (Å²) in [7, 11) is -9.80. The van der Waals surface area contributed by atoms with Crippen molar-refractivity contribution < 1.29 is 32.6 Å². The SMILES string of the molecule is CC/C(C)=C\CC/C(=C/COP(=O)(O)OP(=O)(O)O)CC. The third kappa shape index (κ3) is 12.0. The summed E-state index contributed by atoms with van der Waals surface area (Å²) in [5.74, 6) is 0. The first-order chi connectivity index (χ1) is 9.59. The van der Waals surface area contributed by atoms with Crippen molar-refractivity contribution in [3.8, 4) is 0 Å². The molecular formula is C12H24O7P2. The average molecular weight is 342 g/mol. The van der Waals surface area contributed by atoms with E-state index in [0.29, 0.717) is 0 Å². The van der Waals surface area contributed by atoms with Crippen LogP contribution < -0.4 is 0 Å². The van der Waals surface area contributed by atoms with E-state index in [1.165, 1.54) is 5.57 Å². The van der Waals surface area contributed by atoms with Crippen molar-refractivity contribution in [2.75, 3.05) is 6.61 Å². The van der Waals surface area contributed by atoms with Gasteiger partial charge >= 0.3 is 15.6 Å². The number of allylic oxidation sites excluding steroid dienone is 3. The summed E-state index contributed by atoms with van der Waals surface area (Å²) in [5.41, 5.74) is 2.34. The average Bonchev–Trinajstić information content (AvgIpc) is 2.33. The Hall–Kier alpha value is -0.260. The molecule has 0 aromatic carbocycles. The van der Waals surface area contributed by atoms with E-state index in [2.05, 4.69) is 28.8 Å². The fourth-order valence-electron chi connectivity index (χ4n) is 1.48. The molecule has 0 bridgehead atoms. The molecule has 0 saturated heterocycles. The zero-order chi connectivity index (χ0) is 16.5. The van der Waals surface area contributed by atoms with Crippen molar-refractivity contribution in [2.45, 2.75) is 46.5 Å². The van der Waals surface area contributed by atoms with E-state index < -0.39 is 15.6 Å². The van der Waals surface area contributed by atoms with Gasteiger partial charge in [-0.05, 0) is 32.6 Å². The van der Waals surface area contributed by atoms with Crippen molar-refractivity contribution in [3.05, 3.63) is 23.3 Å². The minimum atomic E-state index is -5.06. The predicted molar refractivity (Wildman–Crippen MR) is 80.6 cm³/mol. The second-order valence-corrected chi connectivity index (χ2v) is 7.32. The molecule has 0 amide bonds. The van der Waals surface area contributed by atoms with Gasteiger partial charge in [0.05, 0.1) is 6.61 Å². The lowest BCUT2D eigenvalue weighted by Gasteiger charge is -2.11. The molecule has 0 aromatic heterocycles. The van der Waals surface area contributed by atoms with Gasteiger partial charge in [0.25, 0.3) is 0 Å². The molecule has 1 unspecified atom stereocenters. The molecule has 3 N–H and O–H groups in total. The van der Waals surface area contributed by atoms with Gasteiger partial charge in [0.2, 0.25) is 0 Å². The van der Waals surface area contributed by atoms with Crippen molar-refractivity contribution in [1.82, 2.24) is 0 Å². The topological polar surface area (TPSA) is 113 Å². The molecule has 0 saturated carbocycles. The molecule has 1 atom stereocenters. The van der Waals surface area contributed by atoms with Crippen LogP contribution in [0.25, 0.3) is 0 Å². The van der Waals surface area contributed by atoms with E-state index in [1.807, 2.05) is 6.92 Å². The summed E-state index contributed by atoms with van der Waals surface area (Å²) in [5, 5.41) is 0. The van der Waals surface area contributed by atoms with E-state index in [-0.39, 0.29) is 6.61 Å². The molecule has 0 aliphatic rings. The van der Waals surface area contributed by atoms with Gasteiger partial charge in [-0.2, -0.15) is 4.31 Å². The van der Waals surface area contributed by atoms with Gasteiger partial charge in [0.15, 0.2) is 0 Å². The maximum absolute atomic E-state index is 11.2. The van der Waals surface area contributed by atoms with Gasteiger partial charge in [0, 0.05) is 0 Å². The van der Waals surface area contributed by atoms with Crippen LogP contribution in [0.15, 0.2) is 23.3 Å². The van der Waals surface area contributed by atoms with E-state index in [4.69, 9.17) is 14.7 Å². The summed E-state index contributed by atoms with van der Waals surface area (Å²) in [4.78, 5) is 26.0. The third-order valence-corrected chi connectivity index (χ3v) is 4.94. The lowest BCUT2D eigenvalue weighted by atomic mass is 10.1. The second kappa shape index (κ2) is 9.70. The molecule has 0 radical (unpaired) electrons. The van der Waals surface area contributed by atoms with Crippen LogP contribution >= 0.6 is 15.6 Å². The molecule has 0 spiro atoms. The lowest BCUT2D eigenvalue weighted by molar-refractivity contribution is 0.191. The van der Waals surface area contributed by atoms with Crippen molar-refractivity contribution >= 4 is 15.6 Å². The first-order valence-corrected chi connectivity index (χ1v) is 9.70. The van der Waals surface area contributed by atoms with E-state index in [1.54, 1.807) is 6.08 Å². The summed E-state index contributed by atoms with van der Waals surface area (Å²) in [6.07, 6.45) is 7.19. The molecule has 0 fully saturated rings. The fourth-order valence-corrected chi connectivity index (χ4v) is 3.01. The highest BCUT2D eigenvalue weighted by Gasteiger charge is 2.31. The zero-order valence-electron chi connectivity index (χ0n) is 12.6. The highest BCUT2D eigenvalue weighted by molar-refractivity contribution is 7.60. The maximum atomic E-state index is 11.2. The quantitative estimate of drug-likeness (QED) is 0.410. The van der Waals surface area contributed by atoms with Gasteiger partial charge in [0.1, 0.15) is 0 Å². The Balaban J connectivity index is 4.36. The Kier molecular flexibility index (Phi) is 9.58. The number of phosphoric ester groups is 1. The molecule has 0 aliphatic carbocycles. The van der Waals surface area contributed by atoms with Gasteiger partial charge in [-0.1, -0.05) is 37.1 Å². The molecule has 7 nitrogen and oxygen atoms in total. The fraction of sp³-hybridized carbons (Fsp3) is 0.667. The smallest absolute Gasteiger partial charge is 0.302 e. The Bertz CT molecular complexity index is 464. The van der Waals surface area contributed by atoms with E-state index in [9.17, 15) is 9.13 Å². The summed E-state index contributed by atoms with van der Waals surface area (Å²) < 4.78 is 29.9. The normalized spacial score (nSPS) is 16.9. The van der Waals surface area contributed by atoms with Gasteiger partial charge < -0.3 is 14.7 Å². The van der Waals surface area contributed by atoms with Crippen LogP contribution in [0.3, 0.4) is 0 Å². The van der Waals surface area contributed by atoms with Gasteiger partial charge in [-0.15, -0.1) is 0 Å². The van der Waals surface area contributed by atoms with Gasteiger partial charge in [-0.3, -0.25) is 4.52 Å². The van der Waals surface area contributed by atoms with E-state index in [0.717, 1.165) is 31.3 Å². The summed E-state index contributed by atoms with van der Waals surface area (Å²) >= 11 is 0. The highest BCUT2D eigenvalue weighted by atomic mass is 31.3. The minimum Gasteiger partial charge on any atom is -0.302 e. The molecule has 21 heavy (non-hydrogen) atoms. The molecule has 124 valence electrons. The van der Waals surface area contributed by atoms with Crippen LogP contribution in [0, 0.1) is 0 Å². The summed E-state index contributed by atoms with van der Waals surface area (Å²) in [6, 6.07) is 0. The minimum absolute atomic E-state index is 0.243. The number of hydrogen-bond donors (Lipinski definition) is 3. The molecular weight excluding hydrogens is 318 g/mol. The molecule has 9 heteroatoms. The first-order valence-electron chi connectivity index (χ1n) is 6.67. The van der Waals surface area contributed by atoms with Crippen LogP contribution in [-0.2, 0) is 18.0 Å². The Morgan fingerprint density at radius 2 is 1.71 bits per heavy atom. The van der Waals surface area contributed by atoms with Crippen LogP contribution in [0.1, 0.15) is 46.5 Å². The maximum Gasteiger partial charge on any atom is 0.481 e. The molecule has 0 rings (SSSR count). The third-order valence-electron chi connectivity index (χ3n) is 2.79. The van der Waals surface area contributed by atoms with Crippen molar-refractivity contribution in [2.24, 2.45) is 0 Å². The van der Waals surface area contributed by atoms with Crippen molar-refractivity contribution in [1.29, 1.82) is 0 Å². The lowest BCUT2D eigenvalue weighted by Crippen LogP contribution is -1.95. The molecule has 0 aliphatic heterocycles. The Morgan fingerprint density at radius 1 is 1.10 bits per heavy atom. The number of rotatable bonds is 10. The van der Waals surface area contributed by atoms with Crippen LogP contribution in [0.2, 0.25) is 0 Å². The number of hydrogen-bond acceptors (Lipinski definition) is 4.